The smallest absolute Gasteiger partial charge is 0.292 e. The van der Waals surface area contributed by atoms with Gasteiger partial charge in [-0.3, -0.25) is 14.8 Å². The molecule has 3 aromatic carbocycles. The standard InChI is InChI=1S/C13H11FN2O4S2.C7H9NS/c1-21-11-4-2-3-10(8-11)15-22(19,20)13-6-5-9(14)7-12(13)16(17)18;1-9-7-4-2-3-6(8)5-7/h2-8,15H,1H3;2-5H,8H2,1H3. The van der Waals surface area contributed by atoms with Crippen LogP contribution in [0.5, 0.6) is 0 Å². The molecule has 3 N–H and O–H groups in total. The third-order valence-electron chi connectivity index (χ3n) is 3.82. The van der Waals surface area contributed by atoms with E-state index in [0.717, 1.165) is 22.7 Å². The van der Waals surface area contributed by atoms with E-state index in [1.165, 1.54) is 22.7 Å². The van der Waals surface area contributed by atoms with Crippen molar-refractivity contribution < 1.29 is 17.7 Å². The molecule has 0 unspecified atom stereocenters. The molecule has 0 aliphatic rings. The van der Waals surface area contributed by atoms with Crippen molar-refractivity contribution in [2.75, 3.05) is 23.0 Å². The van der Waals surface area contributed by atoms with Crippen molar-refractivity contribution >= 4 is 50.6 Å². The Morgan fingerprint density at radius 3 is 2.13 bits per heavy atom. The first-order chi connectivity index (χ1) is 14.7. The van der Waals surface area contributed by atoms with E-state index in [9.17, 15) is 22.9 Å². The summed E-state index contributed by atoms with van der Waals surface area (Å²) in [5.41, 5.74) is 5.81. The maximum absolute atomic E-state index is 13.1. The summed E-state index contributed by atoms with van der Waals surface area (Å²) in [7, 11) is -4.20. The number of nitro benzene ring substituents is 1. The number of hydrogen-bond acceptors (Lipinski definition) is 7. The number of nitrogens with two attached hydrogens (primary N) is 1. The molecular weight excluding hydrogens is 461 g/mol. The van der Waals surface area contributed by atoms with Gasteiger partial charge in [0.25, 0.3) is 15.7 Å². The molecule has 0 fully saturated rings. The first-order valence-electron chi connectivity index (χ1n) is 8.66. The number of hydrogen-bond donors (Lipinski definition) is 2. The zero-order valence-corrected chi connectivity index (χ0v) is 19.1. The molecule has 0 aromatic heterocycles. The molecule has 0 saturated heterocycles. The third kappa shape index (κ3) is 7.16. The van der Waals surface area contributed by atoms with E-state index in [1.807, 2.05) is 36.8 Å². The molecule has 3 rings (SSSR count). The van der Waals surface area contributed by atoms with Crippen molar-refractivity contribution in [2.45, 2.75) is 14.7 Å². The number of anilines is 2. The van der Waals surface area contributed by atoms with Gasteiger partial charge in [0.2, 0.25) is 0 Å². The topological polar surface area (TPSA) is 115 Å². The minimum absolute atomic E-state index is 0.269. The van der Waals surface area contributed by atoms with Crippen LogP contribution < -0.4 is 10.5 Å². The molecule has 164 valence electrons. The zero-order valence-electron chi connectivity index (χ0n) is 16.6. The molecule has 0 saturated carbocycles. The van der Waals surface area contributed by atoms with Crippen LogP contribution in [-0.2, 0) is 10.0 Å². The Morgan fingerprint density at radius 1 is 0.968 bits per heavy atom. The number of rotatable bonds is 6. The summed E-state index contributed by atoms with van der Waals surface area (Å²) in [6.07, 6.45) is 3.87. The number of nitro groups is 1. The zero-order chi connectivity index (χ0) is 23.0. The fourth-order valence-corrected chi connectivity index (χ4v) is 4.53. The number of sulfonamides is 1. The SMILES string of the molecule is CSc1cccc(N)c1.CSc1cccc(NS(=O)(=O)c2ccc(F)cc2[N+](=O)[O-])c1. The lowest BCUT2D eigenvalue weighted by Crippen LogP contribution is -2.15. The molecule has 0 aliphatic carbocycles. The normalized spacial score (nSPS) is 10.7. The highest BCUT2D eigenvalue weighted by Crippen LogP contribution is 2.27. The van der Waals surface area contributed by atoms with Crippen LogP contribution in [-0.4, -0.2) is 25.9 Å². The van der Waals surface area contributed by atoms with E-state index < -0.39 is 31.3 Å². The highest BCUT2D eigenvalue weighted by Gasteiger charge is 2.26. The quantitative estimate of drug-likeness (QED) is 0.214. The summed E-state index contributed by atoms with van der Waals surface area (Å²) in [6.45, 7) is 0. The van der Waals surface area contributed by atoms with E-state index in [0.29, 0.717) is 6.07 Å². The molecule has 3 aromatic rings. The Bertz CT molecular complexity index is 1170. The van der Waals surface area contributed by atoms with E-state index >= 15 is 0 Å². The highest BCUT2D eigenvalue weighted by atomic mass is 32.2. The first kappa shape index (κ1) is 24.5. The summed E-state index contributed by atoms with van der Waals surface area (Å²) in [4.78, 5) is 11.4. The van der Waals surface area contributed by atoms with Gasteiger partial charge < -0.3 is 5.73 Å². The summed E-state index contributed by atoms with van der Waals surface area (Å²) in [5, 5.41) is 10.9. The van der Waals surface area contributed by atoms with Crippen molar-refractivity contribution in [3.8, 4) is 0 Å². The fourth-order valence-electron chi connectivity index (χ4n) is 2.40. The molecule has 11 heteroatoms. The lowest BCUT2D eigenvalue weighted by molar-refractivity contribution is -0.388. The number of halogens is 1. The van der Waals surface area contributed by atoms with Gasteiger partial charge in [0.1, 0.15) is 5.82 Å². The van der Waals surface area contributed by atoms with Gasteiger partial charge in [0.05, 0.1) is 11.0 Å². The van der Waals surface area contributed by atoms with Crippen molar-refractivity contribution in [3.05, 3.63) is 82.7 Å². The van der Waals surface area contributed by atoms with Crippen molar-refractivity contribution in [2.24, 2.45) is 0 Å². The largest absolute Gasteiger partial charge is 0.399 e. The van der Waals surface area contributed by atoms with Crippen LogP contribution >= 0.6 is 23.5 Å². The minimum atomic E-state index is -4.20. The third-order valence-corrected chi connectivity index (χ3v) is 6.70. The van der Waals surface area contributed by atoms with Crippen molar-refractivity contribution in [1.82, 2.24) is 0 Å². The fraction of sp³-hybridized carbons (Fsp3) is 0.100. The summed E-state index contributed by atoms with van der Waals surface area (Å²) in [5.74, 6) is -0.880. The van der Waals surface area contributed by atoms with Gasteiger partial charge in [-0.1, -0.05) is 12.1 Å². The van der Waals surface area contributed by atoms with Crippen LogP contribution in [0.15, 0.2) is 81.4 Å². The number of nitrogens with one attached hydrogen (secondary N) is 1. The Morgan fingerprint density at radius 2 is 1.58 bits per heavy atom. The predicted molar refractivity (Wildman–Crippen MR) is 125 cm³/mol. The van der Waals surface area contributed by atoms with E-state index in [2.05, 4.69) is 4.72 Å². The second-order valence-electron chi connectivity index (χ2n) is 5.98. The maximum Gasteiger partial charge on any atom is 0.292 e. The Hall–Kier alpha value is -2.76. The Kier molecular flexibility index (Phi) is 8.72. The van der Waals surface area contributed by atoms with Crippen molar-refractivity contribution in [3.63, 3.8) is 0 Å². The number of thioether (sulfide) groups is 2. The second kappa shape index (κ2) is 11.0. The van der Waals surface area contributed by atoms with Gasteiger partial charge in [-0.15, -0.1) is 23.5 Å². The van der Waals surface area contributed by atoms with Crippen molar-refractivity contribution in [1.29, 1.82) is 0 Å². The predicted octanol–water partition coefficient (Wildman–Crippen LogP) is 5.25. The number of benzene rings is 3. The number of nitrogen functional groups attached to an aromatic ring is 1. The van der Waals surface area contributed by atoms with Crippen LogP contribution in [0, 0.1) is 15.9 Å². The Labute approximate surface area is 188 Å². The Balaban J connectivity index is 0.000000316. The van der Waals surface area contributed by atoms with Crippen LogP contribution in [0.4, 0.5) is 21.5 Å². The second-order valence-corrected chi connectivity index (χ2v) is 9.39. The van der Waals surface area contributed by atoms with Gasteiger partial charge in [-0.25, -0.2) is 12.8 Å². The lowest BCUT2D eigenvalue weighted by atomic mass is 10.3. The molecular formula is C20H20FN3O4S3. The molecule has 0 radical (unpaired) electrons. The minimum Gasteiger partial charge on any atom is -0.399 e. The molecule has 0 heterocycles. The lowest BCUT2D eigenvalue weighted by Gasteiger charge is -2.09. The molecule has 0 bridgehead atoms. The molecule has 0 atom stereocenters. The summed E-state index contributed by atoms with van der Waals surface area (Å²) < 4.78 is 39.9. The maximum atomic E-state index is 13.1. The van der Waals surface area contributed by atoms with E-state index in [-0.39, 0.29) is 5.69 Å². The van der Waals surface area contributed by atoms with Gasteiger partial charge >= 0.3 is 0 Å². The molecule has 0 spiro atoms. The average molecular weight is 482 g/mol. The number of nitrogens with zero attached hydrogens (tertiary/aromatic N) is 1. The van der Waals surface area contributed by atoms with E-state index in [1.54, 1.807) is 30.0 Å². The monoisotopic (exact) mass is 481 g/mol. The van der Waals surface area contributed by atoms with Crippen LogP contribution in [0.2, 0.25) is 0 Å². The van der Waals surface area contributed by atoms with Crippen LogP contribution in [0.25, 0.3) is 0 Å². The van der Waals surface area contributed by atoms with Gasteiger partial charge in [-0.2, -0.15) is 0 Å². The average Bonchev–Trinajstić information content (AvgIpc) is 2.73. The first-order valence-corrected chi connectivity index (χ1v) is 12.6. The molecule has 0 amide bonds. The molecule has 31 heavy (non-hydrogen) atoms. The summed E-state index contributed by atoms with van der Waals surface area (Å²) in [6, 6.07) is 16.7. The highest BCUT2D eigenvalue weighted by molar-refractivity contribution is 7.98. The van der Waals surface area contributed by atoms with Gasteiger partial charge in [0.15, 0.2) is 4.90 Å². The summed E-state index contributed by atoms with van der Waals surface area (Å²) >= 11 is 3.13. The molecule has 0 aliphatic heterocycles. The van der Waals surface area contributed by atoms with Crippen LogP contribution in [0.1, 0.15) is 0 Å². The van der Waals surface area contributed by atoms with Crippen LogP contribution in [0.3, 0.4) is 0 Å². The van der Waals surface area contributed by atoms with Gasteiger partial charge in [-0.05, 0) is 61.0 Å². The molecule has 7 nitrogen and oxygen atoms in total. The van der Waals surface area contributed by atoms with Gasteiger partial charge in [0, 0.05) is 21.2 Å². The van der Waals surface area contributed by atoms with E-state index in [4.69, 9.17) is 5.73 Å².